The molecule has 0 radical (unpaired) electrons. The molecule has 0 aliphatic carbocycles. The first-order valence-electron chi connectivity index (χ1n) is 9.06. The van der Waals surface area contributed by atoms with Crippen LogP contribution in [0, 0.1) is 12.3 Å². The maximum Gasteiger partial charge on any atom is 0.236 e. The molecule has 0 unspecified atom stereocenters. The molecule has 0 bridgehead atoms. The Hall–Kier alpha value is -2.34. The first-order valence-corrected chi connectivity index (χ1v) is 10.7. The van der Waals surface area contributed by atoms with Crippen molar-refractivity contribution in [2.45, 2.75) is 39.9 Å². The molecular formula is C21H26N2O3S. The van der Waals surface area contributed by atoms with Crippen LogP contribution in [0.2, 0.25) is 0 Å². The summed E-state index contributed by atoms with van der Waals surface area (Å²) >= 11 is 0. The van der Waals surface area contributed by atoms with Crippen molar-refractivity contribution in [3.05, 3.63) is 59.2 Å². The SMILES string of the molecule is Cc1cccc(CS(=O)(=O)Nc2ccc3c(c2)CCN3C(=O)C(C)(C)C)c1. The number of hydrogen-bond acceptors (Lipinski definition) is 3. The number of sulfonamides is 1. The third kappa shape index (κ3) is 4.50. The number of carbonyl (C=O) groups excluding carboxylic acids is 1. The lowest BCUT2D eigenvalue weighted by molar-refractivity contribution is -0.125. The van der Waals surface area contributed by atoms with Crippen LogP contribution < -0.4 is 9.62 Å². The van der Waals surface area contributed by atoms with Crippen LogP contribution >= 0.6 is 0 Å². The van der Waals surface area contributed by atoms with Crippen LogP contribution in [0.3, 0.4) is 0 Å². The molecule has 5 nitrogen and oxygen atoms in total. The van der Waals surface area contributed by atoms with Crippen molar-refractivity contribution >= 4 is 27.3 Å². The molecule has 1 aliphatic rings. The number of amides is 1. The van der Waals surface area contributed by atoms with E-state index in [0.717, 1.165) is 28.8 Å². The van der Waals surface area contributed by atoms with Gasteiger partial charge < -0.3 is 4.90 Å². The van der Waals surface area contributed by atoms with Gasteiger partial charge in [-0.1, -0.05) is 50.6 Å². The van der Waals surface area contributed by atoms with E-state index in [2.05, 4.69) is 4.72 Å². The zero-order chi connectivity index (χ0) is 19.8. The van der Waals surface area contributed by atoms with Gasteiger partial charge in [-0.05, 0) is 42.7 Å². The van der Waals surface area contributed by atoms with Crippen molar-refractivity contribution in [1.82, 2.24) is 0 Å². The third-order valence-electron chi connectivity index (χ3n) is 4.57. The summed E-state index contributed by atoms with van der Waals surface area (Å²) in [5, 5.41) is 0. The molecule has 0 atom stereocenters. The Kier molecular flexibility index (Phi) is 5.04. The van der Waals surface area contributed by atoms with Gasteiger partial charge in [-0.2, -0.15) is 0 Å². The van der Waals surface area contributed by atoms with E-state index >= 15 is 0 Å². The Morgan fingerprint density at radius 1 is 1.15 bits per heavy atom. The summed E-state index contributed by atoms with van der Waals surface area (Å²) in [5.74, 6) is 0.00876. The van der Waals surface area contributed by atoms with Crippen LogP contribution in [-0.4, -0.2) is 20.9 Å². The minimum atomic E-state index is -3.51. The van der Waals surface area contributed by atoms with E-state index in [0.29, 0.717) is 12.2 Å². The molecule has 3 rings (SSSR count). The summed E-state index contributed by atoms with van der Waals surface area (Å²) in [6, 6.07) is 12.9. The summed E-state index contributed by atoms with van der Waals surface area (Å²) in [5.41, 5.74) is 3.73. The molecule has 0 saturated carbocycles. The smallest absolute Gasteiger partial charge is 0.236 e. The number of nitrogens with zero attached hydrogens (tertiary/aromatic N) is 1. The predicted molar refractivity (Wildman–Crippen MR) is 109 cm³/mol. The zero-order valence-electron chi connectivity index (χ0n) is 16.2. The fourth-order valence-electron chi connectivity index (χ4n) is 3.32. The van der Waals surface area contributed by atoms with Crippen molar-refractivity contribution in [3.63, 3.8) is 0 Å². The summed E-state index contributed by atoms with van der Waals surface area (Å²) in [6.45, 7) is 8.28. The van der Waals surface area contributed by atoms with Crippen molar-refractivity contribution in [2.24, 2.45) is 5.41 Å². The molecule has 0 spiro atoms. The minimum absolute atomic E-state index is 0.0690. The Bertz CT molecular complexity index is 975. The van der Waals surface area contributed by atoms with Crippen molar-refractivity contribution in [3.8, 4) is 0 Å². The second kappa shape index (κ2) is 7.00. The van der Waals surface area contributed by atoms with Crippen molar-refractivity contribution < 1.29 is 13.2 Å². The lowest BCUT2D eigenvalue weighted by atomic mass is 9.94. The monoisotopic (exact) mass is 386 g/mol. The molecule has 2 aromatic carbocycles. The Balaban J connectivity index is 1.77. The fraction of sp³-hybridized carbons (Fsp3) is 0.381. The van der Waals surface area contributed by atoms with Crippen LogP contribution in [0.4, 0.5) is 11.4 Å². The van der Waals surface area contributed by atoms with E-state index in [1.165, 1.54) is 0 Å². The number of rotatable bonds is 4. The van der Waals surface area contributed by atoms with E-state index in [-0.39, 0.29) is 11.7 Å². The minimum Gasteiger partial charge on any atom is -0.311 e. The molecule has 1 amide bonds. The number of benzene rings is 2. The summed E-state index contributed by atoms with van der Waals surface area (Å²) < 4.78 is 27.7. The van der Waals surface area contributed by atoms with Crippen LogP contribution in [0.1, 0.15) is 37.5 Å². The van der Waals surface area contributed by atoms with E-state index < -0.39 is 15.4 Å². The fourth-order valence-corrected chi connectivity index (χ4v) is 4.49. The number of anilines is 2. The van der Waals surface area contributed by atoms with Crippen molar-refractivity contribution in [2.75, 3.05) is 16.2 Å². The molecule has 1 aliphatic heterocycles. The molecule has 27 heavy (non-hydrogen) atoms. The van der Waals surface area contributed by atoms with Gasteiger partial charge in [0.15, 0.2) is 0 Å². The van der Waals surface area contributed by atoms with E-state index in [9.17, 15) is 13.2 Å². The third-order valence-corrected chi connectivity index (χ3v) is 5.83. The van der Waals surface area contributed by atoms with E-state index in [4.69, 9.17) is 0 Å². The highest BCUT2D eigenvalue weighted by Gasteiger charge is 2.32. The largest absolute Gasteiger partial charge is 0.311 e. The van der Waals surface area contributed by atoms with Gasteiger partial charge in [-0.25, -0.2) is 8.42 Å². The molecule has 1 heterocycles. The Labute approximate surface area is 161 Å². The molecule has 0 aromatic heterocycles. The van der Waals surface area contributed by atoms with Crippen LogP contribution in [0.15, 0.2) is 42.5 Å². The van der Waals surface area contributed by atoms with Crippen molar-refractivity contribution in [1.29, 1.82) is 0 Å². The van der Waals surface area contributed by atoms with Crippen LogP contribution in [-0.2, 0) is 27.0 Å². The second-order valence-corrected chi connectivity index (χ2v) is 9.87. The maximum absolute atomic E-state index is 12.6. The summed E-state index contributed by atoms with van der Waals surface area (Å²) in [6.07, 6.45) is 0.727. The van der Waals surface area contributed by atoms with Crippen LogP contribution in [0.5, 0.6) is 0 Å². The molecule has 144 valence electrons. The van der Waals surface area contributed by atoms with Gasteiger partial charge in [0, 0.05) is 23.3 Å². The van der Waals surface area contributed by atoms with E-state index in [1.807, 2.05) is 64.1 Å². The first kappa shape index (κ1) is 19.4. The molecule has 0 fully saturated rings. The second-order valence-electron chi connectivity index (χ2n) is 8.15. The molecule has 1 N–H and O–H groups in total. The number of nitrogens with one attached hydrogen (secondary N) is 1. The van der Waals surface area contributed by atoms with Gasteiger partial charge in [-0.15, -0.1) is 0 Å². The number of aryl methyl sites for hydroxylation is 1. The topological polar surface area (TPSA) is 66.5 Å². The van der Waals surface area contributed by atoms with E-state index in [1.54, 1.807) is 11.0 Å². The Morgan fingerprint density at radius 2 is 1.89 bits per heavy atom. The van der Waals surface area contributed by atoms with Gasteiger partial charge >= 0.3 is 0 Å². The summed E-state index contributed by atoms with van der Waals surface area (Å²) in [7, 11) is -3.51. The zero-order valence-corrected chi connectivity index (χ0v) is 17.1. The van der Waals surface area contributed by atoms with Gasteiger partial charge in [0.1, 0.15) is 0 Å². The normalized spacial score (nSPS) is 14.1. The highest BCUT2D eigenvalue weighted by atomic mass is 32.2. The summed E-state index contributed by atoms with van der Waals surface area (Å²) in [4.78, 5) is 14.4. The maximum atomic E-state index is 12.6. The molecule has 2 aromatic rings. The highest BCUT2D eigenvalue weighted by Crippen LogP contribution is 2.34. The first-order chi connectivity index (χ1) is 12.5. The highest BCUT2D eigenvalue weighted by molar-refractivity contribution is 7.91. The number of carbonyl (C=O) groups is 1. The number of hydrogen-bond donors (Lipinski definition) is 1. The van der Waals surface area contributed by atoms with Gasteiger partial charge in [-0.3, -0.25) is 9.52 Å². The number of fused-ring (bicyclic) bond motifs is 1. The Morgan fingerprint density at radius 3 is 2.56 bits per heavy atom. The van der Waals surface area contributed by atoms with Gasteiger partial charge in [0.2, 0.25) is 15.9 Å². The lowest BCUT2D eigenvalue weighted by Gasteiger charge is -2.26. The lowest BCUT2D eigenvalue weighted by Crippen LogP contribution is -2.38. The molecule has 0 saturated heterocycles. The van der Waals surface area contributed by atoms with Gasteiger partial charge in [0.25, 0.3) is 0 Å². The van der Waals surface area contributed by atoms with Gasteiger partial charge in [0.05, 0.1) is 5.75 Å². The quantitative estimate of drug-likeness (QED) is 0.867. The molecular weight excluding hydrogens is 360 g/mol. The predicted octanol–water partition coefficient (Wildman–Crippen LogP) is 3.87. The van der Waals surface area contributed by atoms with Crippen LogP contribution in [0.25, 0.3) is 0 Å². The standard InChI is InChI=1S/C21H26N2O3S/c1-15-6-5-7-16(12-15)14-27(25,26)22-18-8-9-19-17(13-18)10-11-23(19)20(24)21(2,3)4/h5-9,12-13,22H,10-11,14H2,1-4H3. The average Bonchev–Trinajstić information content (AvgIpc) is 2.95. The molecule has 6 heteroatoms. The average molecular weight is 387 g/mol.